The van der Waals surface area contributed by atoms with Crippen LogP contribution < -0.4 is 9.64 Å². The number of hydrogen-bond donors (Lipinski definition) is 1. The van der Waals surface area contributed by atoms with Crippen molar-refractivity contribution in [2.75, 3.05) is 18.6 Å². The van der Waals surface area contributed by atoms with Gasteiger partial charge in [0, 0.05) is 41.2 Å². The average molecular weight is 544 g/mol. The van der Waals surface area contributed by atoms with Crippen molar-refractivity contribution in [3.8, 4) is 17.0 Å². The molecular weight excluding hydrogens is 502 g/mol. The van der Waals surface area contributed by atoms with Crippen molar-refractivity contribution in [1.82, 2.24) is 9.97 Å². The fourth-order valence-electron chi connectivity index (χ4n) is 6.54. The molecule has 1 N–H and O–H groups in total. The lowest BCUT2D eigenvalue weighted by molar-refractivity contribution is -0.124. The lowest BCUT2D eigenvalue weighted by Gasteiger charge is -2.35. The number of anilines is 1. The summed E-state index contributed by atoms with van der Waals surface area (Å²) in [6, 6.07) is 10.4. The predicted octanol–water partition coefficient (Wildman–Crippen LogP) is 6.79. The smallest absolute Gasteiger partial charge is 0.230 e. The first kappa shape index (κ1) is 27.0. The minimum Gasteiger partial charge on any atom is -0.495 e. The topological polar surface area (TPSA) is 88.7 Å². The fraction of sp³-hybridized carbons (Fsp3) is 0.545. The van der Waals surface area contributed by atoms with Gasteiger partial charge in [-0.3, -0.25) is 9.78 Å². The Bertz CT molecular complexity index is 1320. The van der Waals surface area contributed by atoms with Crippen LogP contribution in [0, 0.1) is 18.8 Å². The van der Waals surface area contributed by atoms with Gasteiger partial charge >= 0.3 is 0 Å². The van der Waals surface area contributed by atoms with Gasteiger partial charge in [-0.2, -0.15) is 0 Å². The van der Waals surface area contributed by atoms with Gasteiger partial charge in [0.2, 0.25) is 5.91 Å². The van der Waals surface area contributed by atoms with Crippen molar-refractivity contribution in [1.29, 1.82) is 0 Å². The molecule has 1 amide bonds. The lowest BCUT2D eigenvalue weighted by atomic mass is 9.79. The summed E-state index contributed by atoms with van der Waals surface area (Å²) < 4.78 is 11.2. The number of nitrogens with zero attached hydrogens (tertiary/aromatic N) is 3. The molecule has 7 heteroatoms. The molecular formula is C33H41N3O4. The quantitative estimate of drug-likeness (QED) is 0.337. The summed E-state index contributed by atoms with van der Waals surface area (Å²) in [5.41, 5.74) is 5.02. The molecule has 2 heterocycles. The molecule has 7 nitrogen and oxygen atoms in total. The zero-order valence-corrected chi connectivity index (χ0v) is 23.7. The van der Waals surface area contributed by atoms with Gasteiger partial charge in [-0.15, -0.1) is 0 Å². The summed E-state index contributed by atoms with van der Waals surface area (Å²) in [6.07, 6.45) is 12.8. The number of rotatable bonds is 8. The van der Waals surface area contributed by atoms with Crippen molar-refractivity contribution in [3.05, 3.63) is 59.9 Å². The van der Waals surface area contributed by atoms with Crippen LogP contribution in [0.25, 0.3) is 11.3 Å². The Morgan fingerprint density at radius 3 is 2.48 bits per heavy atom. The third-order valence-electron chi connectivity index (χ3n) is 9.22. The van der Waals surface area contributed by atoms with E-state index in [2.05, 4.69) is 25.1 Å². The molecule has 0 spiro atoms. The molecule has 212 valence electrons. The molecule has 3 aromatic rings. The first-order valence-corrected chi connectivity index (χ1v) is 15.0. The summed E-state index contributed by atoms with van der Waals surface area (Å²) in [5, 5.41) is 10.0. The SMILES string of the molecule is COc1cnc([C@H]2CC[C@H](CN(c3cccc(-c4coc(C5CC5)n4)c3)C(=O)[C@H]3CC[C@H](O)CC3)CC2)cc1C. The summed E-state index contributed by atoms with van der Waals surface area (Å²) >= 11 is 0. The molecule has 0 saturated heterocycles. The van der Waals surface area contributed by atoms with Gasteiger partial charge in [-0.05, 0) is 101 Å². The van der Waals surface area contributed by atoms with Crippen molar-refractivity contribution in [2.24, 2.45) is 11.8 Å². The second kappa shape index (κ2) is 11.7. The standard InChI is InChI=1S/C33H41N3O4/c1-21-16-29(34-18-31(21)39-2)23-8-6-22(7-9-23)19-36(33(38)25-12-14-28(37)15-13-25)27-5-3-4-26(17-27)30-20-40-32(35-30)24-10-11-24/h3-5,16-18,20,22-25,28,37H,6-15,19H2,1-2H3/t22-,23-,25-,28-. The van der Waals surface area contributed by atoms with Gasteiger partial charge in [0.05, 0.1) is 19.4 Å². The molecule has 0 bridgehead atoms. The summed E-state index contributed by atoms with van der Waals surface area (Å²) in [4.78, 5) is 25.5. The number of aliphatic hydroxyl groups is 1. The number of carbonyl (C=O) groups excluding carboxylic acids is 1. The Labute approximate surface area is 237 Å². The number of aryl methyl sites for hydroxylation is 1. The summed E-state index contributed by atoms with van der Waals surface area (Å²) in [5.74, 6) is 3.15. The Balaban J connectivity index is 1.19. The molecule has 0 aliphatic heterocycles. The Morgan fingerprint density at radius 1 is 1.02 bits per heavy atom. The molecule has 3 aliphatic carbocycles. The van der Waals surface area contributed by atoms with Crippen LogP contribution in [0.2, 0.25) is 0 Å². The normalized spacial score (nSPS) is 25.0. The number of aromatic nitrogens is 2. The van der Waals surface area contributed by atoms with Crippen molar-refractivity contribution < 1.29 is 19.1 Å². The molecule has 3 saturated carbocycles. The van der Waals surface area contributed by atoms with Crippen LogP contribution in [-0.2, 0) is 4.79 Å². The third kappa shape index (κ3) is 5.95. The largest absolute Gasteiger partial charge is 0.495 e. The monoisotopic (exact) mass is 543 g/mol. The van der Waals surface area contributed by atoms with Gasteiger partial charge < -0.3 is 19.2 Å². The molecule has 6 rings (SSSR count). The minimum absolute atomic E-state index is 0.0385. The molecule has 0 unspecified atom stereocenters. The van der Waals surface area contributed by atoms with Crippen LogP contribution in [-0.4, -0.2) is 40.7 Å². The first-order valence-electron chi connectivity index (χ1n) is 15.0. The van der Waals surface area contributed by atoms with Crippen LogP contribution in [0.15, 0.2) is 47.2 Å². The van der Waals surface area contributed by atoms with Gasteiger partial charge in [0.1, 0.15) is 17.7 Å². The highest BCUT2D eigenvalue weighted by Crippen LogP contribution is 2.41. The summed E-state index contributed by atoms with van der Waals surface area (Å²) in [6.45, 7) is 2.79. The zero-order valence-electron chi connectivity index (χ0n) is 23.7. The number of oxazole rings is 1. The highest BCUT2D eigenvalue weighted by atomic mass is 16.5. The number of hydrogen-bond acceptors (Lipinski definition) is 6. The third-order valence-corrected chi connectivity index (χ3v) is 9.22. The number of pyridine rings is 1. The van der Waals surface area contributed by atoms with Crippen LogP contribution >= 0.6 is 0 Å². The lowest BCUT2D eigenvalue weighted by Crippen LogP contribution is -2.41. The maximum Gasteiger partial charge on any atom is 0.230 e. The Hall–Kier alpha value is -3.19. The van der Waals surface area contributed by atoms with Crippen LogP contribution in [0.5, 0.6) is 5.75 Å². The molecule has 1 aromatic carbocycles. The number of carbonyl (C=O) groups is 1. The van der Waals surface area contributed by atoms with E-state index in [9.17, 15) is 9.90 Å². The highest BCUT2D eigenvalue weighted by Gasteiger charge is 2.33. The van der Waals surface area contributed by atoms with E-state index < -0.39 is 0 Å². The van der Waals surface area contributed by atoms with Gasteiger partial charge in [-0.25, -0.2) is 4.98 Å². The predicted molar refractivity (Wildman–Crippen MR) is 154 cm³/mol. The zero-order chi connectivity index (χ0) is 27.6. The molecule has 0 atom stereocenters. The minimum atomic E-state index is -0.279. The maximum atomic E-state index is 14.0. The molecule has 2 aromatic heterocycles. The van der Waals surface area contributed by atoms with E-state index in [4.69, 9.17) is 19.1 Å². The van der Waals surface area contributed by atoms with E-state index in [1.165, 1.54) is 0 Å². The second-order valence-corrected chi connectivity index (χ2v) is 12.1. The van der Waals surface area contributed by atoms with Gasteiger partial charge in [-0.1, -0.05) is 12.1 Å². The second-order valence-electron chi connectivity index (χ2n) is 12.1. The number of benzene rings is 1. The Morgan fingerprint density at radius 2 is 1.77 bits per heavy atom. The van der Waals surface area contributed by atoms with E-state index in [1.54, 1.807) is 13.4 Å². The maximum absolute atomic E-state index is 14.0. The highest BCUT2D eigenvalue weighted by molar-refractivity contribution is 5.95. The molecule has 40 heavy (non-hydrogen) atoms. The van der Waals surface area contributed by atoms with E-state index in [0.29, 0.717) is 30.6 Å². The van der Waals surface area contributed by atoms with Crippen molar-refractivity contribution in [3.63, 3.8) is 0 Å². The number of amides is 1. The number of ether oxygens (including phenoxy) is 1. The molecule has 3 aliphatic rings. The summed E-state index contributed by atoms with van der Waals surface area (Å²) in [7, 11) is 1.68. The van der Waals surface area contributed by atoms with Crippen LogP contribution in [0.4, 0.5) is 5.69 Å². The van der Waals surface area contributed by atoms with Crippen LogP contribution in [0.1, 0.15) is 93.2 Å². The average Bonchev–Trinajstić information content (AvgIpc) is 3.72. The fourth-order valence-corrected chi connectivity index (χ4v) is 6.54. The van der Waals surface area contributed by atoms with Crippen LogP contribution in [0.3, 0.4) is 0 Å². The number of methoxy groups -OCH3 is 1. The number of aliphatic hydroxyl groups excluding tert-OH is 1. The van der Waals surface area contributed by atoms with Gasteiger partial charge in [0.15, 0.2) is 5.89 Å². The van der Waals surface area contributed by atoms with Gasteiger partial charge in [0.25, 0.3) is 0 Å². The van der Waals surface area contributed by atoms with E-state index in [-0.39, 0.29) is 17.9 Å². The molecule has 0 radical (unpaired) electrons. The van der Waals surface area contributed by atoms with E-state index >= 15 is 0 Å². The van der Waals surface area contributed by atoms with Crippen molar-refractivity contribution in [2.45, 2.75) is 89.1 Å². The first-order chi connectivity index (χ1) is 19.5. The van der Waals surface area contributed by atoms with E-state index in [1.807, 2.05) is 23.2 Å². The molecule has 3 fully saturated rings. The van der Waals surface area contributed by atoms with E-state index in [0.717, 1.165) is 97.8 Å². The Kier molecular flexibility index (Phi) is 7.92. The van der Waals surface area contributed by atoms with Crippen molar-refractivity contribution >= 4 is 11.6 Å².